The first-order valence-corrected chi connectivity index (χ1v) is 3.68. The van der Waals surface area contributed by atoms with Gasteiger partial charge in [0.2, 0.25) is 0 Å². The van der Waals surface area contributed by atoms with Gasteiger partial charge >= 0.3 is 0 Å². The summed E-state index contributed by atoms with van der Waals surface area (Å²) in [6.45, 7) is 4.68. The number of nitrogens with one attached hydrogen (secondary N) is 2. The highest BCUT2D eigenvalue weighted by molar-refractivity contribution is 4.41. The quantitative estimate of drug-likeness (QED) is 0.500. The van der Waals surface area contributed by atoms with Crippen LogP contribution >= 0.6 is 0 Å². The second kappa shape index (κ2) is 11.6. The number of hydrogen-bond acceptors (Lipinski definition) is 3. The fraction of sp³-hybridized carbons (Fsp3) is 1.00. The largest absolute Gasteiger partial charge is 0.379 e. The summed E-state index contributed by atoms with van der Waals surface area (Å²) in [5.74, 6) is 0. The molecule has 0 rings (SSSR count). The van der Waals surface area contributed by atoms with Gasteiger partial charge in [-0.1, -0.05) is 6.92 Å². The van der Waals surface area contributed by atoms with Crippen LogP contribution in [0.3, 0.4) is 0 Å². The maximum absolute atomic E-state index is 8.57. The van der Waals surface area contributed by atoms with Gasteiger partial charge in [-0.15, -0.1) is 0 Å². The summed E-state index contributed by atoms with van der Waals surface area (Å²) in [7, 11) is 3.75. The summed E-state index contributed by atoms with van der Waals surface area (Å²) >= 11 is 0. The highest BCUT2D eigenvalue weighted by atomic mass is 16.3. The van der Waals surface area contributed by atoms with Gasteiger partial charge in [0.25, 0.3) is 0 Å². The Bertz CT molecular complexity index is 48.9. The van der Waals surface area contributed by atoms with E-state index in [0.29, 0.717) is 0 Å². The first-order valence-electron chi connectivity index (χ1n) is 3.68. The van der Waals surface area contributed by atoms with Crippen molar-refractivity contribution in [1.29, 1.82) is 0 Å². The van der Waals surface area contributed by atoms with Crippen LogP contribution in [0, 0.1) is 0 Å². The molecule has 0 saturated carbocycles. The lowest BCUT2D eigenvalue weighted by atomic mass is 10.5. The van der Waals surface area contributed by atoms with Gasteiger partial charge < -0.3 is 10.4 Å². The Labute approximate surface area is 63.8 Å². The lowest BCUT2D eigenvalue weighted by molar-refractivity contribution is 0.157. The number of rotatable bonds is 3. The molecule has 0 aliphatic rings. The highest BCUT2D eigenvalue weighted by Gasteiger charge is 1.86. The maximum atomic E-state index is 8.57. The number of aliphatic hydroxyl groups excluding tert-OH is 1. The molecule has 0 aromatic heterocycles. The van der Waals surface area contributed by atoms with Crippen molar-refractivity contribution in [3.05, 3.63) is 0 Å². The molecule has 0 saturated heterocycles. The van der Waals surface area contributed by atoms with Crippen LogP contribution in [0.1, 0.15) is 20.3 Å². The third-order valence-electron chi connectivity index (χ3n) is 0.690. The summed E-state index contributed by atoms with van der Waals surface area (Å²) in [6, 6.07) is 0. The Hall–Kier alpha value is -0.120. The molecule has 0 heterocycles. The van der Waals surface area contributed by atoms with Gasteiger partial charge in [0, 0.05) is 0 Å². The van der Waals surface area contributed by atoms with Crippen LogP contribution in [0.25, 0.3) is 0 Å². The Morgan fingerprint density at radius 1 is 1.40 bits per heavy atom. The third-order valence-corrected chi connectivity index (χ3v) is 0.690. The zero-order chi connectivity index (χ0) is 8.41. The van der Waals surface area contributed by atoms with Gasteiger partial charge in [-0.2, -0.15) is 0 Å². The lowest BCUT2D eigenvalue weighted by Crippen LogP contribution is -2.25. The molecule has 3 heteroatoms. The molecule has 64 valence electrons. The second-order valence-electron chi connectivity index (χ2n) is 2.13. The van der Waals surface area contributed by atoms with Gasteiger partial charge in [0.1, 0.15) is 6.23 Å². The van der Waals surface area contributed by atoms with Crippen molar-refractivity contribution in [2.75, 3.05) is 20.6 Å². The molecule has 0 aliphatic heterocycles. The van der Waals surface area contributed by atoms with Crippen molar-refractivity contribution in [3.8, 4) is 0 Å². The van der Waals surface area contributed by atoms with Crippen molar-refractivity contribution < 1.29 is 5.11 Å². The molecule has 0 aliphatic carbocycles. The monoisotopic (exact) mass is 148 g/mol. The van der Waals surface area contributed by atoms with E-state index in [1.54, 1.807) is 6.92 Å². The number of hydrogen-bond donors (Lipinski definition) is 3. The smallest absolute Gasteiger partial charge is 0.102 e. The molecule has 10 heavy (non-hydrogen) atoms. The van der Waals surface area contributed by atoms with E-state index in [2.05, 4.69) is 17.6 Å². The summed E-state index contributed by atoms with van der Waals surface area (Å²) < 4.78 is 0. The summed E-state index contributed by atoms with van der Waals surface area (Å²) in [4.78, 5) is 0. The minimum absolute atomic E-state index is 0.347. The van der Waals surface area contributed by atoms with Crippen LogP contribution in [0.15, 0.2) is 0 Å². The first kappa shape index (κ1) is 12.5. The van der Waals surface area contributed by atoms with Crippen LogP contribution in [0.4, 0.5) is 0 Å². The minimum atomic E-state index is -0.347. The predicted molar refractivity (Wildman–Crippen MR) is 45.0 cm³/mol. The van der Waals surface area contributed by atoms with Crippen molar-refractivity contribution in [3.63, 3.8) is 0 Å². The van der Waals surface area contributed by atoms with Crippen LogP contribution in [-0.4, -0.2) is 32.0 Å². The van der Waals surface area contributed by atoms with E-state index < -0.39 is 0 Å². The molecule has 0 spiro atoms. The highest BCUT2D eigenvalue weighted by Crippen LogP contribution is 1.72. The second-order valence-corrected chi connectivity index (χ2v) is 2.13. The molecule has 1 atom stereocenters. The van der Waals surface area contributed by atoms with Gasteiger partial charge in [0.15, 0.2) is 0 Å². The Morgan fingerprint density at radius 2 is 1.80 bits per heavy atom. The molecular weight excluding hydrogens is 128 g/mol. The molecule has 3 nitrogen and oxygen atoms in total. The van der Waals surface area contributed by atoms with E-state index in [4.69, 9.17) is 5.11 Å². The van der Waals surface area contributed by atoms with Crippen molar-refractivity contribution >= 4 is 0 Å². The molecule has 0 aromatic carbocycles. The van der Waals surface area contributed by atoms with Crippen LogP contribution < -0.4 is 10.6 Å². The van der Waals surface area contributed by atoms with E-state index in [0.717, 1.165) is 13.0 Å². The molecule has 0 fully saturated rings. The minimum Gasteiger partial charge on any atom is -0.379 e. The van der Waals surface area contributed by atoms with Crippen molar-refractivity contribution in [2.24, 2.45) is 0 Å². The van der Waals surface area contributed by atoms with E-state index in [1.807, 2.05) is 14.1 Å². The fourth-order valence-corrected chi connectivity index (χ4v) is 0.353. The fourth-order valence-electron chi connectivity index (χ4n) is 0.353. The Kier molecular flexibility index (Phi) is 14.6. The van der Waals surface area contributed by atoms with Gasteiger partial charge in [-0.25, -0.2) is 0 Å². The zero-order valence-electron chi connectivity index (χ0n) is 7.44. The molecule has 3 N–H and O–H groups in total. The van der Waals surface area contributed by atoms with Gasteiger partial charge in [0.05, 0.1) is 0 Å². The Balaban J connectivity index is 0. The summed E-state index contributed by atoms with van der Waals surface area (Å²) in [5.41, 5.74) is 0. The molecule has 0 aromatic rings. The summed E-state index contributed by atoms with van der Waals surface area (Å²) in [5, 5.41) is 14.2. The van der Waals surface area contributed by atoms with Crippen LogP contribution in [0.2, 0.25) is 0 Å². The number of aliphatic hydroxyl groups is 1. The van der Waals surface area contributed by atoms with E-state index in [-0.39, 0.29) is 6.23 Å². The molecular formula is C7H20N2O. The van der Waals surface area contributed by atoms with E-state index >= 15 is 0 Å². The average Bonchev–Trinajstić information content (AvgIpc) is 1.85. The SMILES string of the molecule is CCCNC(C)O.CNC. The lowest BCUT2D eigenvalue weighted by Gasteiger charge is -2.02. The van der Waals surface area contributed by atoms with Crippen molar-refractivity contribution in [1.82, 2.24) is 10.6 Å². The zero-order valence-corrected chi connectivity index (χ0v) is 7.44. The molecule has 1 unspecified atom stereocenters. The first-order chi connectivity index (χ1) is 4.68. The normalized spacial score (nSPS) is 11.7. The predicted octanol–water partition coefficient (Wildman–Crippen LogP) is 0.160. The Morgan fingerprint density at radius 3 is 1.90 bits per heavy atom. The molecule has 0 bridgehead atoms. The maximum Gasteiger partial charge on any atom is 0.102 e. The van der Waals surface area contributed by atoms with Gasteiger partial charge in [-0.05, 0) is 34.0 Å². The van der Waals surface area contributed by atoms with Crippen LogP contribution in [-0.2, 0) is 0 Å². The molecule has 0 amide bonds. The van der Waals surface area contributed by atoms with Crippen LogP contribution in [0.5, 0.6) is 0 Å². The standard InChI is InChI=1S/C5H13NO.C2H7N/c1-3-4-6-5(2)7;1-3-2/h5-7H,3-4H2,1-2H3;3H,1-2H3. The topological polar surface area (TPSA) is 44.3 Å². The van der Waals surface area contributed by atoms with E-state index in [9.17, 15) is 0 Å². The summed E-state index contributed by atoms with van der Waals surface area (Å²) in [6.07, 6.45) is 0.727. The average molecular weight is 148 g/mol. The van der Waals surface area contributed by atoms with E-state index in [1.165, 1.54) is 0 Å². The van der Waals surface area contributed by atoms with Crippen molar-refractivity contribution in [2.45, 2.75) is 26.5 Å². The molecule has 0 radical (unpaired) electrons. The third kappa shape index (κ3) is 24.8. The van der Waals surface area contributed by atoms with Gasteiger partial charge in [-0.3, -0.25) is 5.32 Å².